The van der Waals surface area contributed by atoms with Crippen molar-refractivity contribution in [3.8, 4) is 0 Å². The summed E-state index contributed by atoms with van der Waals surface area (Å²) >= 11 is 1.67. The first-order valence-electron chi connectivity index (χ1n) is 6.02. The number of likely N-dealkylation sites (tertiary alicyclic amines) is 1. The molecule has 2 unspecified atom stereocenters. The van der Waals surface area contributed by atoms with E-state index in [9.17, 15) is 4.79 Å². The number of carbonyl (C=O) groups excluding carboxylic acids is 1. The van der Waals surface area contributed by atoms with Gasteiger partial charge in [-0.25, -0.2) is 0 Å². The van der Waals surface area contributed by atoms with Crippen LogP contribution in [0.15, 0.2) is 17.5 Å². The molecule has 0 spiro atoms. The molecule has 1 aromatic rings. The largest absolute Gasteiger partial charge is 0.337 e. The summed E-state index contributed by atoms with van der Waals surface area (Å²) in [5.41, 5.74) is 0. The Labute approximate surface area is 101 Å². The average Bonchev–Trinajstić information content (AvgIpc) is 2.70. The second kappa shape index (κ2) is 5.00. The van der Waals surface area contributed by atoms with Gasteiger partial charge in [0, 0.05) is 17.0 Å². The van der Waals surface area contributed by atoms with Crippen LogP contribution in [0, 0.1) is 0 Å². The lowest BCUT2D eigenvalue weighted by atomic mass is 9.97. The molecule has 2 nitrogen and oxygen atoms in total. The molecule has 1 aliphatic rings. The third-order valence-corrected chi connectivity index (χ3v) is 4.26. The van der Waals surface area contributed by atoms with Gasteiger partial charge in [0.2, 0.25) is 5.91 Å². The lowest BCUT2D eigenvalue weighted by Crippen LogP contribution is -2.48. The van der Waals surface area contributed by atoms with Gasteiger partial charge in [-0.15, -0.1) is 11.3 Å². The maximum atomic E-state index is 12.2. The van der Waals surface area contributed by atoms with Crippen molar-refractivity contribution in [2.75, 3.05) is 0 Å². The number of hydrogen-bond donors (Lipinski definition) is 0. The number of piperidine rings is 1. The van der Waals surface area contributed by atoms with Crippen LogP contribution in [-0.2, 0) is 11.2 Å². The first-order valence-corrected chi connectivity index (χ1v) is 6.90. The highest BCUT2D eigenvalue weighted by atomic mass is 32.1. The minimum atomic E-state index is 0.294. The normalized spacial score (nSPS) is 25.8. The van der Waals surface area contributed by atoms with Crippen LogP contribution < -0.4 is 0 Å². The Kier molecular flexibility index (Phi) is 3.64. The van der Waals surface area contributed by atoms with Crippen LogP contribution in [0.3, 0.4) is 0 Å². The molecule has 88 valence electrons. The van der Waals surface area contributed by atoms with E-state index in [4.69, 9.17) is 0 Å². The van der Waals surface area contributed by atoms with Gasteiger partial charge >= 0.3 is 0 Å². The van der Waals surface area contributed by atoms with Crippen LogP contribution in [0.4, 0.5) is 0 Å². The summed E-state index contributed by atoms with van der Waals surface area (Å²) in [7, 11) is 0. The Morgan fingerprint density at radius 2 is 2.12 bits per heavy atom. The molecule has 0 aliphatic carbocycles. The van der Waals surface area contributed by atoms with E-state index in [0.717, 1.165) is 12.8 Å². The van der Waals surface area contributed by atoms with Gasteiger partial charge < -0.3 is 4.90 Å². The van der Waals surface area contributed by atoms with Crippen LogP contribution in [-0.4, -0.2) is 22.9 Å². The van der Waals surface area contributed by atoms with Crippen molar-refractivity contribution in [3.63, 3.8) is 0 Å². The lowest BCUT2D eigenvalue weighted by molar-refractivity contribution is -0.136. The molecule has 1 aliphatic heterocycles. The van der Waals surface area contributed by atoms with Gasteiger partial charge in [0.25, 0.3) is 0 Å². The van der Waals surface area contributed by atoms with Gasteiger partial charge in [-0.3, -0.25) is 4.79 Å². The van der Waals surface area contributed by atoms with Crippen LogP contribution in [0.1, 0.15) is 38.0 Å². The van der Waals surface area contributed by atoms with Gasteiger partial charge in [-0.2, -0.15) is 0 Å². The monoisotopic (exact) mass is 237 g/mol. The molecule has 0 aromatic carbocycles. The molecule has 16 heavy (non-hydrogen) atoms. The number of nitrogens with zero attached hydrogens (tertiary/aromatic N) is 1. The number of amides is 1. The second-order valence-electron chi connectivity index (χ2n) is 4.69. The zero-order valence-electron chi connectivity index (χ0n) is 9.98. The van der Waals surface area contributed by atoms with E-state index >= 15 is 0 Å². The molecule has 0 radical (unpaired) electrons. The second-order valence-corrected chi connectivity index (χ2v) is 5.72. The number of carbonyl (C=O) groups is 1. The maximum absolute atomic E-state index is 12.2. The Hall–Kier alpha value is -0.830. The van der Waals surface area contributed by atoms with E-state index in [-0.39, 0.29) is 0 Å². The van der Waals surface area contributed by atoms with E-state index < -0.39 is 0 Å². The summed E-state index contributed by atoms with van der Waals surface area (Å²) in [5.74, 6) is 0.294. The Balaban J connectivity index is 2.02. The quantitative estimate of drug-likeness (QED) is 0.774. The van der Waals surface area contributed by atoms with Crippen molar-refractivity contribution in [3.05, 3.63) is 22.4 Å². The fourth-order valence-electron chi connectivity index (χ4n) is 2.57. The van der Waals surface area contributed by atoms with Crippen molar-refractivity contribution >= 4 is 17.2 Å². The average molecular weight is 237 g/mol. The summed E-state index contributed by atoms with van der Waals surface area (Å²) in [6.07, 6.45) is 4.14. The highest BCUT2D eigenvalue weighted by molar-refractivity contribution is 7.10. The predicted octanol–water partition coefficient (Wildman–Crippen LogP) is 3.08. The third kappa shape index (κ3) is 2.46. The lowest BCUT2D eigenvalue weighted by Gasteiger charge is -2.39. The summed E-state index contributed by atoms with van der Waals surface area (Å²) in [4.78, 5) is 15.5. The van der Waals surface area contributed by atoms with Crippen molar-refractivity contribution in [1.82, 2.24) is 4.90 Å². The third-order valence-electron chi connectivity index (χ3n) is 3.39. The zero-order valence-corrected chi connectivity index (χ0v) is 10.8. The molecule has 1 aromatic heterocycles. The summed E-state index contributed by atoms with van der Waals surface area (Å²) in [6.45, 7) is 4.34. The Bertz CT molecular complexity index is 337. The van der Waals surface area contributed by atoms with Crippen molar-refractivity contribution in [2.45, 2.75) is 51.6 Å². The van der Waals surface area contributed by atoms with Gasteiger partial charge in [-0.05, 0) is 44.6 Å². The molecule has 1 fully saturated rings. The van der Waals surface area contributed by atoms with Crippen LogP contribution in [0.5, 0.6) is 0 Å². The van der Waals surface area contributed by atoms with E-state index in [1.807, 2.05) is 17.5 Å². The first kappa shape index (κ1) is 11.6. The van der Waals surface area contributed by atoms with Crippen molar-refractivity contribution in [1.29, 1.82) is 0 Å². The molecular weight excluding hydrogens is 218 g/mol. The van der Waals surface area contributed by atoms with Crippen molar-refractivity contribution in [2.24, 2.45) is 0 Å². The van der Waals surface area contributed by atoms with Gasteiger partial charge in [-0.1, -0.05) is 6.07 Å². The molecule has 0 N–H and O–H groups in total. The first-order chi connectivity index (χ1) is 7.68. The van der Waals surface area contributed by atoms with E-state index in [1.165, 1.54) is 11.3 Å². The van der Waals surface area contributed by atoms with E-state index in [1.54, 1.807) is 11.3 Å². The van der Waals surface area contributed by atoms with Gasteiger partial charge in [0.05, 0.1) is 6.42 Å². The molecule has 2 atom stereocenters. The molecule has 2 heterocycles. The number of thiophene rings is 1. The fraction of sp³-hybridized carbons (Fsp3) is 0.615. The van der Waals surface area contributed by atoms with Crippen LogP contribution in [0.25, 0.3) is 0 Å². The summed E-state index contributed by atoms with van der Waals surface area (Å²) in [5, 5.41) is 2.03. The summed E-state index contributed by atoms with van der Waals surface area (Å²) in [6, 6.07) is 4.88. The SMILES string of the molecule is CC1CCCC(C)N1C(=O)Cc1cccs1. The van der Waals surface area contributed by atoms with Crippen LogP contribution >= 0.6 is 11.3 Å². The summed E-state index contributed by atoms with van der Waals surface area (Å²) < 4.78 is 0. The fourth-order valence-corrected chi connectivity index (χ4v) is 3.26. The highest BCUT2D eigenvalue weighted by Gasteiger charge is 2.28. The maximum Gasteiger partial charge on any atom is 0.228 e. The standard InChI is InChI=1S/C13H19NOS/c1-10-5-3-6-11(2)14(10)13(15)9-12-7-4-8-16-12/h4,7-8,10-11H,3,5-6,9H2,1-2H3. The zero-order chi connectivity index (χ0) is 11.5. The molecule has 0 bridgehead atoms. The number of rotatable bonds is 2. The molecule has 1 amide bonds. The minimum Gasteiger partial charge on any atom is -0.337 e. The Morgan fingerprint density at radius 3 is 2.69 bits per heavy atom. The smallest absolute Gasteiger partial charge is 0.228 e. The van der Waals surface area contributed by atoms with Gasteiger partial charge in [0.1, 0.15) is 0 Å². The minimum absolute atomic E-state index is 0.294. The van der Waals surface area contributed by atoms with Crippen LogP contribution in [0.2, 0.25) is 0 Å². The molecule has 0 saturated carbocycles. The molecule has 2 rings (SSSR count). The Morgan fingerprint density at radius 1 is 1.44 bits per heavy atom. The highest BCUT2D eigenvalue weighted by Crippen LogP contribution is 2.24. The molecule has 3 heteroatoms. The van der Waals surface area contributed by atoms with E-state index in [2.05, 4.69) is 18.7 Å². The van der Waals surface area contributed by atoms with E-state index in [0.29, 0.717) is 24.4 Å². The molecular formula is C13H19NOS. The predicted molar refractivity (Wildman–Crippen MR) is 67.6 cm³/mol. The molecule has 1 saturated heterocycles. The number of hydrogen-bond acceptors (Lipinski definition) is 2. The van der Waals surface area contributed by atoms with Gasteiger partial charge in [0.15, 0.2) is 0 Å². The van der Waals surface area contributed by atoms with Crippen molar-refractivity contribution < 1.29 is 4.79 Å². The topological polar surface area (TPSA) is 20.3 Å².